The van der Waals surface area contributed by atoms with Gasteiger partial charge < -0.3 is 5.32 Å². The molecule has 0 saturated carbocycles. The van der Waals surface area contributed by atoms with Crippen LogP contribution in [0.3, 0.4) is 0 Å². The van der Waals surface area contributed by atoms with Gasteiger partial charge in [0.05, 0.1) is 5.69 Å². The van der Waals surface area contributed by atoms with Crippen molar-refractivity contribution < 1.29 is 9.59 Å². The Morgan fingerprint density at radius 3 is 2.54 bits per heavy atom. The molecule has 132 valence electrons. The van der Waals surface area contributed by atoms with E-state index in [-0.39, 0.29) is 24.5 Å². The van der Waals surface area contributed by atoms with E-state index in [0.29, 0.717) is 10.7 Å². The van der Waals surface area contributed by atoms with Crippen LogP contribution in [0.15, 0.2) is 53.9 Å². The van der Waals surface area contributed by atoms with Crippen LogP contribution < -0.4 is 5.32 Å². The van der Waals surface area contributed by atoms with Gasteiger partial charge in [-0.25, -0.2) is 4.98 Å². The van der Waals surface area contributed by atoms with Crippen LogP contribution in [0.2, 0.25) is 0 Å². The van der Waals surface area contributed by atoms with Gasteiger partial charge in [-0.05, 0) is 19.4 Å². The molecular weight excluding hydrogens is 344 g/mol. The van der Waals surface area contributed by atoms with Crippen LogP contribution in [0.4, 0.5) is 5.13 Å². The largest absolute Gasteiger partial charge is 0.302 e. The van der Waals surface area contributed by atoms with Gasteiger partial charge in [-0.15, -0.1) is 11.3 Å². The Morgan fingerprint density at radius 2 is 1.81 bits per heavy atom. The monoisotopic (exact) mass is 364 g/mol. The van der Waals surface area contributed by atoms with Crippen molar-refractivity contribution in [3.63, 3.8) is 0 Å². The molecule has 1 aromatic heterocycles. The number of anilines is 1. The number of nitrogens with zero attached hydrogens (tertiary/aromatic N) is 1. The van der Waals surface area contributed by atoms with Gasteiger partial charge in [0, 0.05) is 29.3 Å². The second-order valence-electron chi connectivity index (χ2n) is 6.19. The third-order valence-electron chi connectivity index (χ3n) is 4.08. The van der Waals surface area contributed by atoms with Crippen LogP contribution in [0.1, 0.15) is 34.3 Å². The van der Waals surface area contributed by atoms with Crippen molar-refractivity contribution in [2.24, 2.45) is 0 Å². The number of hydrogen-bond acceptors (Lipinski definition) is 4. The summed E-state index contributed by atoms with van der Waals surface area (Å²) in [6.45, 7) is 4.11. The molecule has 3 rings (SSSR count). The molecule has 0 aliphatic rings. The van der Waals surface area contributed by atoms with Gasteiger partial charge >= 0.3 is 0 Å². The predicted octanol–water partition coefficient (Wildman–Crippen LogP) is 5.03. The minimum absolute atomic E-state index is 0.0316. The third-order valence-corrected chi connectivity index (χ3v) is 4.84. The maximum absolute atomic E-state index is 12.1. The lowest BCUT2D eigenvalue weighted by atomic mass is 10.0. The Kier molecular flexibility index (Phi) is 5.58. The SMILES string of the molecule is Cc1ccc(-c2csc(NC(=O)CCC(=O)c3ccccc3)n2)c(C)c1. The molecule has 0 fully saturated rings. The topological polar surface area (TPSA) is 59.1 Å². The maximum Gasteiger partial charge on any atom is 0.226 e. The third kappa shape index (κ3) is 4.43. The molecule has 2 aromatic carbocycles. The van der Waals surface area contributed by atoms with Gasteiger partial charge in [0.25, 0.3) is 0 Å². The molecular formula is C21H20N2O2S. The average Bonchev–Trinajstić information content (AvgIpc) is 3.08. The first kappa shape index (κ1) is 18.0. The molecule has 26 heavy (non-hydrogen) atoms. The zero-order valence-electron chi connectivity index (χ0n) is 14.8. The van der Waals surface area contributed by atoms with Gasteiger partial charge in [0.15, 0.2) is 10.9 Å². The van der Waals surface area contributed by atoms with Crippen LogP contribution in [-0.4, -0.2) is 16.7 Å². The van der Waals surface area contributed by atoms with Crippen molar-refractivity contribution in [1.29, 1.82) is 0 Å². The van der Waals surface area contributed by atoms with Crippen molar-refractivity contribution >= 4 is 28.2 Å². The Balaban J connectivity index is 1.58. The van der Waals surface area contributed by atoms with Crippen LogP contribution in [0, 0.1) is 13.8 Å². The van der Waals surface area contributed by atoms with Crippen molar-refractivity contribution in [1.82, 2.24) is 4.98 Å². The molecule has 0 aliphatic carbocycles. The second-order valence-corrected chi connectivity index (χ2v) is 7.05. The summed E-state index contributed by atoms with van der Waals surface area (Å²) < 4.78 is 0. The van der Waals surface area contributed by atoms with E-state index < -0.39 is 0 Å². The van der Waals surface area contributed by atoms with Gasteiger partial charge in [0.1, 0.15) is 0 Å². The molecule has 0 bridgehead atoms. The van der Waals surface area contributed by atoms with Crippen molar-refractivity contribution in [2.45, 2.75) is 26.7 Å². The second kappa shape index (κ2) is 8.06. The number of carbonyl (C=O) groups excluding carboxylic acids is 2. The summed E-state index contributed by atoms with van der Waals surface area (Å²) >= 11 is 1.39. The van der Waals surface area contributed by atoms with Crippen LogP contribution in [0.5, 0.6) is 0 Å². The summed E-state index contributed by atoms with van der Waals surface area (Å²) in [6, 6.07) is 15.2. The Hall–Kier alpha value is -2.79. The fourth-order valence-corrected chi connectivity index (χ4v) is 3.46. The number of hydrogen-bond donors (Lipinski definition) is 1. The highest BCUT2D eigenvalue weighted by Crippen LogP contribution is 2.28. The summed E-state index contributed by atoms with van der Waals surface area (Å²) in [7, 11) is 0. The molecule has 0 saturated heterocycles. The minimum atomic E-state index is -0.198. The molecule has 3 aromatic rings. The quantitative estimate of drug-likeness (QED) is 0.624. The van der Waals surface area contributed by atoms with Gasteiger partial charge in [-0.1, -0.05) is 54.1 Å². The lowest BCUT2D eigenvalue weighted by Gasteiger charge is -2.04. The molecule has 4 nitrogen and oxygen atoms in total. The van der Waals surface area contributed by atoms with Crippen molar-refractivity contribution in [3.05, 3.63) is 70.6 Å². The highest BCUT2D eigenvalue weighted by atomic mass is 32.1. The number of amides is 1. The lowest BCUT2D eigenvalue weighted by molar-refractivity contribution is -0.116. The highest BCUT2D eigenvalue weighted by molar-refractivity contribution is 7.14. The molecule has 0 atom stereocenters. The number of nitrogens with one attached hydrogen (secondary N) is 1. The van der Waals surface area contributed by atoms with Crippen LogP contribution in [-0.2, 0) is 4.79 Å². The van der Waals surface area contributed by atoms with Gasteiger partial charge in [-0.3, -0.25) is 9.59 Å². The number of benzene rings is 2. The zero-order valence-corrected chi connectivity index (χ0v) is 15.6. The summed E-state index contributed by atoms with van der Waals surface area (Å²) in [5.74, 6) is -0.230. The average molecular weight is 364 g/mol. The first-order valence-corrected chi connectivity index (χ1v) is 9.32. The fraction of sp³-hybridized carbons (Fsp3) is 0.190. The first-order chi connectivity index (χ1) is 12.5. The Morgan fingerprint density at radius 1 is 1.04 bits per heavy atom. The fourth-order valence-electron chi connectivity index (χ4n) is 2.73. The summed E-state index contributed by atoms with van der Waals surface area (Å²) in [6.07, 6.45) is 0.331. The number of aromatic nitrogens is 1. The van der Waals surface area contributed by atoms with E-state index in [1.807, 2.05) is 29.6 Å². The van der Waals surface area contributed by atoms with E-state index in [1.54, 1.807) is 12.1 Å². The van der Waals surface area contributed by atoms with E-state index in [2.05, 4.69) is 36.3 Å². The van der Waals surface area contributed by atoms with Crippen molar-refractivity contribution in [2.75, 3.05) is 5.32 Å². The van der Waals surface area contributed by atoms with Crippen LogP contribution >= 0.6 is 11.3 Å². The number of ketones is 1. The highest BCUT2D eigenvalue weighted by Gasteiger charge is 2.12. The Labute approximate surface area is 156 Å². The molecule has 0 spiro atoms. The van der Waals surface area contributed by atoms with E-state index in [9.17, 15) is 9.59 Å². The summed E-state index contributed by atoms with van der Waals surface area (Å²) in [4.78, 5) is 28.7. The number of Topliss-reactive ketones (excluding diaryl/α,β-unsaturated/α-hetero) is 1. The Bertz CT molecular complexity index is 932. The molecule has 5 heteroatoms. The smallest absolute Gasteiger partial charge is 0.226 e. The molecule has 0 unspecified atom stereocenters. The van der Waals surface area contributed by atoms with Crippen LogP contribution in [0.25, 0.3) is 11.3 Å². The van der Waals surface area contributed by atoms with E-state index in [4.69, 9.17) is 0 Å². The molecule has 1 amide bonds. The molecule has 0 aliphatic heterocycles. The van der Waals surface area contributed by atoms with E-state index in [1.165, 1.54) is 16.9 Å². The minimum Gasteiger partial charge on any atom is -0.302 e. The standard InChI is InChI=1S/C21H20N2O2S/c1-14-8-9-17(15(2)12-14)18-13-26-21(22-18)23-20(25)11-10-19(24)16-6-4-3-5-7-16/h3-9,12-13H,10-11H2,1-2H3,(H,22,23,25). The zero-order chi connectivity index (χ0) is 18.5. The molecule has 1 heterocycles. The van der Waals surface area contributed by atoms with Gasteiger partial charge in [-0.2, -0.15) is 0 Å². The van der Waals surface area contributed by atoms with E-state index in [0.717, 1.165) is 16.8 Å². The summed E-state index contributed by atoms with van der Waals surface area (Å²) in [5, 5.41) is 5.27. The predicted molar refractivity (Wildman–Crippen MR) is 106 cm³/mol. The molecule has 1 N–H and O–H groups in total. The normalized spacial score (nSPS) is 10.5. The van der Waals surface area contributed by atoms with Gasteiger partial charge in [0.2, 0.25) is 5.91 Å². The summed E-state index contributed by atoms with van der Waals surface area (Å²) in [5.41, 5.74) is 4.90. The molecule has 0 radical (unpaired) electrons. The number of thiazole rings is 1. The number of carbonyl (C=O) groups is 2. The number of aryl methyl sites for hydroxylation is 2. The van der Waals surface area contributed by atoms with Crippen molar-refractivity contribution in [3.8, 4) is 11.3 Å². The number of rotatable bonds is 6. The van der Waals surface area contributed by atoms with E-state index >= 15 is 0 Å². The first-order valence-electron chi connectivity index (χ1n) is 8.44. The lowest BCUT2D eigenvalue weighted by Crippen LogP contribution is -2.13. The maximum atomic E-state index is 12.1.